The number of rotatable bonds is 3. The van der Waals surface area contributed by atoms with Gasteiger partial charge in [-0.1, -0.05) is 0 Å². The molecule has 0 bridgehead atoms. The second kappa shape index (κ2) is 3.86. The first-order valence-electron chi connectivity index (χ1n) is 4.15. The van der Waals surface area contributed by atoms with Gasteiger partial charge in [0.15, 0.2) is 0 Å². The summed E-state index contributed by atoms with van der Waals surface area (Å²) in [6.07, 6.45) is 0.850. The number of hydrogen-bond acceptors (Lipinski definition) is 4. The minimum Gasteiger partial charge on any atom is -0.496 e. The maximum absolute atomic E-state index is 9.85. The van der Waals surface area contributed by atoms with E-state index in [1.807, 2.05) is 5.38 Å². The average molecular weight is 210 g/mol. The molecule has 0 amide bonds. The average Bonchev–Trinajstić information content (AvgIpc) is 2.88. The molecule has 2 rings (SSSR count). The summed E-state index contributed by atoms with van der Waals surface area (Å²) in [7, 11) is 1.60. The third-order valence-corrected chi connectivity index (χ3v) is 2.88. The van der Waals surface area contributed by atoms with Gasteiger partial charge in [-0.15, -0.1) is 11.3 Å². The summed E-state index contributed by atoms with van der Waals surface area (Å²) in [5, 5.41) is 11.7. The molecule has 0 fully saturated rings. The maximum Gasteiger partial charge on any atom is 0.146 e. The standard InChI is InChI=1S/C10H10O3S/c1-12-7-5-9(14-6-7)10(11)8-3-2-4-13-8/h2-6,10-11H,1H3. The highest BCUT2D eigenvalue weighted by Crippen LogP contribution is 2.30. The SMILES string of the molecule is COc1csc(C(O)c2ccco2)c1. The van der Waals surface area contributed by atoms with E-state index in [0.29, 0.717) is 5.76 Å². The van der Waals surface area contributed by atoms with Gasteiger partial charge in [-0.05, 0) is 18.2 Å². The van der Waals surface area contributed by atoms with Crippen LogP contribution in [0.5, 0.6) is 5.75 Å². The predicted molar refractivity (Wildman–Crippen MR) is 53.6 cm³/mol. The number of aliphatic hydroxyl groups excluding tert-OH is 1. The molecular formula is C10H10O3S. The summed E-state index contributed by atoms with van der Waals surface area (Å²) in [4.78, 5) is 0.816. The summed E-state index contributed by atoms with van der Waals surface area (Å²) in [6.45, 7) is 0. The fraction of sp³-hybridized carbons (Fsp3) is 0.200. The number of thiophene rings is 1. The third kappa shape index (κ3) is 1.66. The molecule has 0 aliphatic carbocycles. The first-order chi connectivity index (χ1) is 6.81. The third-order valence-electron chi connectivity index (χ3n) is 1.91. The molecular weight excluding hydrogens is 200 g/mol. The van der Waals surface area contributed by atoms with E-state index in [1.165, 1.54) is 11.3 Å². The summed E-state index contributed by atoms with van der Waals surface area (Å²) in [5.74, 6) is 1.31. The largest absolute Gasteiger partial charge is 0.496 e. The molecule has 0 aliphatic rings. The van der Waals surface area contributed by atoms with Gasteiger partial charge in [0.1, 0.15) is 17.6 Å². The van der Waals surface area contributed by atoms with E-state index in [1.54, 1.807) is 31.6 Å². The van der Waals surface area contributed by atoms with Crippen LogP contribution in [0.15, 0.2) is 34.3 Å². The monoisotopic (exact) mass is 210 g/mol. The Morgan fingerprint density at radius 3 is 3.00 bits per heavy atom. The van der Waals surface area contributed by atoms with E-state index in [9.17, 15) is 5.11 Å². The van der Waals surface area contributed by atoms with Gasteiger partial charge < -0.3 is 14.3 Å². The van der Waals surface area contributed by atoms with E-state index in [4.69, 9.17) is 9.15 Å². The highest BCUT2D eigenvalue weighted by Gasteiger charge is 2.15. The van der Waals surface area contributed by atoms with Gasteiger partial charge in [0.25, 0.3) is 0 Å². The molecule has 74 valence electrons. The van der Waals surface area contributed by atoms with Crippen LogP contribution in [-0.2, 0) is 0 Å². The van der Waals surface area contributed by atoms with E-state index in [0.717, 1.165) is 10.6 Å². The molecule has 0 aromatic carbocycles. The van der Waals surface area contributed by atoms with E-state index < -0.39 is 6.10 Å². The number of aliphatic hydroxyl groups is 1. The van der Waals surface area contributed by atoms with E-state index in [-0.39, 0.29) is 0 Å². The topological polar surface area (TPSA) is 42.6 Å². The lowest BCUT2D eigenvalue weighted by Crippen LogP contribution is -1.94. The number of methoxy groups -OCH3 is 1. The van der Waals surface area contributed by atoms with Crippen molar-refractivity contribution in [2.45, 2.75) is 6.10 Å². The predicted octanol–water partition coefficient (Wildman–Crippen LogP) is 2.43. The quantitative estimate of drug-likeness (QED) is 0.846. The zero-order valence-electron chi connectivity index (χ0n) is 7.64. The van der Waals surface area contributed by atoms with Crippen LogP contribution in [0.1, 0.15) is 16.7 Å². The summed E-state index contributed by atoms with van der Waals surface area (Å²) >= 11 is 1.45. The first-order valence-corrected chi connectivity index (χ1v) is 5.03. The van der Waals surface area contributed by atoms with Gasteiger partial charge >= 0.3 is 0 Å². The van der Waals surface area contributed by atoms with Crippen molar-refractivity contribution in [1.29, 1.82) is 0 Å². The normalized spacial score (nSPS) is 12.7. The van der Waals surface area contributed by atoms with Crippen LogP contribution >= 0.6 is 11.3 Å². The highest BCUT2D eigenvalue weighted by molar-refractivity contribution is 7.10. The molecule has 2 aromatic rings. The molecule has 4 heteroatoms. The molecule has 3 nitrogen and oxygen atoms in total. The second-order valence-electron chi connectivity index (χ2n) is 2.81. The molecule has 1 unspecified atom stereocenters. The van der Waals surface area contributed by atoms with Gasteiger partial charge in [-0.3, -0.25) is 0 Å². The molecule has 0 spiro atoms. The van der Waals surface area contributed by atoms with Crippen molar-refractivity contribution in [3.05, 3.63) is 40.5 Å². The van der Waals surface area contributed by atoms with Gasteiger partial charge in [-0.2, -0.15) is 0 Å². The lowest BCUT2D eigenvalue weighted by atomic mass is 10.2. The Balaban J connectivity index is 2.23. The van der Waals surface area contributed by atoms with Crippen molar-refractivity contribution < 1.29 is 14.3 Å². The van der Waals surface area contributed by atoms with Crippen LogP contribution in [0.4, 0.5) is 0 Å². The van der Waals surface area contributed by atoms with Crippen molar-refractivity contribution in [1.82, 2.24) is 0 Å². The summed E-state index contributed by atoms with van der Waals surface area (Å²) < 4.78 is 10.1. The Morgan fingerprint density at radius 1 is 1.57 bits per heavy atom. The minimum absolute atomic E-state index is 0.550. The van der Waals surface area contributed by atoms with Crippen LogP contribution in [0.25, 0.3) is 0 Å². The van der Waals surface area contributed by atoms with Crippen LogP contribution in [0.3, 0.4) is 0 Å². The zero-order valence-corrected chi connectivity index (χ0v) is 8.45. The van der Waals surface area contributed by atoms with Crippen LogP contribution in [0.2, 0.25) is 0 Å². The fourth-order valence-electron chi connectivity index (χ4n) is 1.17. The molecule has 14 heavy (non-hydrogen) atoms. The molecule has 1 atom stereocenters. The summed E-state index contributed by atoms with van der Waals surface area (Å²) in [5.41, 5.74) is 0. The summed E-state index contributed by atoms with van der Waals surface area (Å²) in [6, 6.07) is 5.30. The Labute approximate surface area is 85.6 Å². The Hall–Kier alpha value is -1.26. The van der Waals surface area contributed by atoms with Gasteiger partial charge in [0.2, 0.25) is 0 Å². The Morgan fingerprint density at radius 2 is 2.43 bits per heavy atom. The minimum atomic E-state index is -0.695. The van der Waals surface area contributed by atoms with Crippen molar-refractivity contribution in [3.8, 4) is 5.75 Å². The Bertz CT molecular complexity index is 391. The van der Waals surface area contributed by atoms with Crippen molar-refractivity contribution in [3.63, 3.8) is 0 Å². The van der Waals surface area contributed by atoms with E-state index in [2.05, 4.69) is 0 Å². The van der Waals surface area contributed by atoms with Crippen LogP contribution in [-0.4, -0.2) is 12.2 Å². The molecule has 2 heterocycles. The first kappa shape index (κ1) is 9.30. The lowest BCUT2D eigenvalue weighted by molar-refractivity contribution is 0.192. The number of furan rings is 1. The Kier molecular flexibility index (Phi) is 2.56. The van der Waals surface area contributed by atoms with Crippen molar-refractivity contribution in [2.75, 3.05) is 7.11 Å². The second-order valence-corrected chi connectivity index (χ2v) is 3.75. The van der Waals surface area contributed by atoms with Gasteiger partial charge in [0.05, 0.1) is 13.4 Å². The number of ether oxygens (including phenoxy) is 1. The van der Waals surface area contributed by atoms with Crippen LogP contribution < -0.4 is 4.74 Å². The molecule has 0 saturated heterocycles. The molecule has 0 aliphatic heterocycles. The van der Waals surface area contributed by atoms with Crippen molar-refractivity contribution >= 4 is 11.3 Å². The fourth-order valence-corrected chi connectivity index (χ4v) is 2.02. The molecule has 1 N–H and O–H groups in total. The van der Waals surface area contributed by atoms with Crippen molar-refractivity contribution in [2.24, 2.45) is 0 Å². The zero-order chi connectivity index (χ0) is 9.97. The van der Waals surface area contributed by atoms with Gasteiger partial charge in [-0.25, -0.2) is 0 Å². The van der Waals surface area contributed by atoms with Crippen LogP contribution in [0, 0.1) is 0 Å². The van der Waals surface area contributed by atoms with E-state index >= 15 is 0 Å². The smallest absolute Gasteiger partial charge is 0.146 e. The maximum atomic E-state index is 9.85. The molecule has 2 aromatic heterocycles. The molecule has 0 saturated carbocycles. The molecule has 0 radical (unpaired) electrons. The number of hydrogen-bond donors (Lipinski definition) is 1. The lowest BCUT2D eigenvalue weighted by Gasteiger charge is -2.03. The van der Waals surface area contributed by atoms with Gasteiger partial charge in [0, 0.05) is 10.3 Å². The highest BCUT2D eigenvalue weighted by atomic mass is 32.1.